The van der Waals surface area contributed by atoms with E-state index in [9.17, 15) is 0 Å². The van der Waals surface area contributed by atoms with Crippen LogP contribution in [-0.2, 0) is 12.8 Å². The van der Waals surface area contributed by atoms with Crippen molar-refractivity contribution in [3.05, 3.63) is 28.2 Å². The van der Waals surface area contributed by atoms with Gasteiger partial charge in [-0.15, -0.1) is 0 Å². The van der Waals surface area contributed by atoms with E-state index in [1.807, 2.05) is 13.0 Å². The van der Waals surface area contributed by atoms with Gasteiger partial charge < -0.3 is 9.84 Å². The van der Waals surface area contributed by atoms with Crippen LogP contribution in [0.25, 0.3) is 0 Å². The highest BCUT2D eigenvalue weighted by Gasteiger charge is 2.04. The van der Waals surface area contributed by atoms with E-state index in [-0.39, 0.29) is 0 Å². The Morgan fingerprint density at radius 1 is 1.28 bits per heavy atom. The standard InChI is InChI=1S/C11H14BrN5O/c1-3-9-15-8(12)6-11(16-9)13-5-4-10-14-7(2)18-17-10/h6H,3-5H2,1-2H3,(H,13,15,16). The van der Waals surface area contributed by atoms with Crippen molar-refractivity contribution in [2.24, 2.45) is 0 Å². The van der Waals surface area contributed by atoms with E-state index in [1.54, 1.807) is 6.92 Å². The first kappa shape index (κ1) is 12.9. The van der Waals surface area contributed by atoms with Crippen molar-refractivity contribution in [2.45, 2.75) is 26.7 Å². The Morgan fingerprint density at radius 2 is 2.11 bits per heavy atom. The number of aromatic nitrogens is 4. The first-order valence-electron chi connectivity index (χ1n) is 5.74. The molecule has 0 aliphatic rings. The van der Waals surface area contributed by atoms with Crippen molar-refractivity contribution in [2.75, 3.05) is 11.9 Å². The molecule has 0 fully saturated rings. The van der Waals surface area contributed by atoms with E-state index < -0.39 is 0 Å². The quantitative estimate of drug-likeness (QED) is 0.853. The lowest BCUT2D eigenvalue weighted by Crippen LogP contribution is -2.09. The maximum Gasteiger partial charge on any atom is 0.223 e. The smallest absolute Gasteiger partial charge is 0.223 e. The summed E-state index contributed by atoms with van der Waals surface area (Å²) in [4.78, 5) is 12.8. The molecule has 1 N–H and O–H groups in total. The maximum absolute atomic E-state index is 4.90. The summed E-state index contributed by atoms with van der Waals surface area (Å²) in [5.74, 6) is 2.89. The Labute approximate surface area is 113 Å². The van der Waals surface area contributed by atoms with Gasteiger partial charge in [0.2, 0.25) is 5.89 Å². The molecule has 6 nitrogen and oxygen atoms in total. The van der Waals surface area contributed by atoms with Gasteiger partial charge >= 0.3 is 0 Å². The number of hydrogen-bond donors (Lipinski definition) is 1. The molecule has 0 radical (unpaired) electrons. The number of anilines is 1. The molecule has 2 rings (SSSR count). The predicted molar refractivity (Wildman–Crippen MR) is 70.3 cm³/mol. The highest BCUT2D eigenvalue weighted by Crippen LogP contribution is 2.12. The third-order valence-electron chi connectivity index (χ3n) is 2.28. The Morgan fingerprint density at radius 3 is 2.78 bits per heavy atom. The zero-order valence-electron chi connectivity index (χ0n) is 10.3. The van der Waals surface area contributed by atoms with Gasteiger partial charge in [-0.2, -0.15) is 4.98 Å². The van der Waals surface area contributed by atoms with Crippen LogP contribution in [0.4, 0.5) is 5.82 Å². The van der Waals surface area contributed by atoms with Crippen LogP contribution in [0.5, 0.6) is 0 Å². The lowest BCUT2D eigenvalue weighted by molar-refractivity contribution is 0.387. The zero-order valence-corrected chi connectivity index (χ0v) is 11.9. The predicted octanol–water partition coefficient (Wildman–Crippen LogP) is 2.15. The molecule has 2 aromatic rings. The Bertz CT molecular complexity index is 528. The summed E-state index contributed by atoms with van der Waals surface area (Å²) < 4.78 is 5.69. The third-order valence-corrected chi connectivity index (χ3v) is 2.69. The van der Waals surface area contributed by atoms with Gasteiger partial charge in [0.25, 0.3) is 0 Å². The average Bonchev–Trinajstić information content (AvgIpc) is 2.74. The zero-order chi connectivity index (χ0) is 13.0. The Kier molecular flexibility index (Phi) is 4.24. The van der Waals surface area contributed by atoms with E-state index in [4.69, 9.17) is 4.52 Å². The van der Waals surface area contributed by atoms with E-state index in [0.717, 1.165) is 22.7 Å². The van der Waals surface area contributed by atoms with E-state index >= 15 is 0 Å². The van der Waals surface area contributed by atoms with E-state index in [0.29, 0.717) is 24.7 Å². The number of aryl methyl sites for hydroxylation is 2. The highest BCUT2D eigenvalue weighted by molar-refractivity contribution is 9.10. The van der Waals surface area contributed by atoms with Crippen LogP contribution in [0.3, 0.4) is 0 Å². The molecule has 0 saturated carbocycles. The van der Waals surface area contributed by atoms with Crippen molar-refractivity contribution < 1.29 is 4.52 Å². The summed E-state index contributed by atoms with van der Waals surface area (Å²) in [5.41, 5.74) is 0. The molecule has 0 aliphatic carbocycles. The fourth-order valence-corrected chi connectivity index (χ4v) is 1.88. The minimum absolute atomic E-state index is 0.586. The fraction of sp³-hybridized carbons (Fsp3) is 0.455. The molecule has 96 valence electrons. The van der Waals surface area contributed by atoms with Crippen molar-refractivity contribution >= 4 is 21.7 Å². The maximum atomic E-state index is 4.90. The normalized spacial score (nSPS) is 10.6. The molecule has 2 heterocycles. The lowest BCUT2D eigenvalue weighted by atomic mass is 10.4. The van der Waals surface area contributed by atoms with Gasteiger partial charge in [0.15, 0.2) is 5.82 Å². The second-order valence-electron chi connectivity index (χ2n) is 3.75. The lowest BCUT2D eigenvalue weighted by Gasteiger charge is -2.05. The van der Waals surface area contributed by atoms with Crippen molar-refractivity contribution in [3.63, 3.8) is 0 Å². The number of nitrogens with zero attached hydrogens (tertiary/aromatic N) is 4. The highest BCUT2D eigenvalue weighted by atomic mass is 79.9. The average molecular weight is 312 g/mol. The molecule has 0 saturated heterocycles. The van der Waals surface area contributed by atoms with Gasteiger partial charge in [0.05, 0.1) is 0 Å². The van der Waals surface area contributed by atoms with Gasteiger partial charge in [-0.25, -0.2) is 9.97 Å². The molecule has 0 aromatic carbocycles. The molecular weight excluding hydrogens is 298 g/mol. The second-order valence-corrected chi connectivity index (χ2v) is 4.56. The number of hydrogen-bond acceptors (Lipinski definition) is 6. The van der Waals surface area contributed by atoms with Crippen molar-refractivity contribution in [3.8, 4) is 0 Å². The molecule has 0 amide bonds. The summed E-state index contributed by atoms with van der Waals surface area (Å²) >= 11 is 3.36. The van der Waals surface area contributed by atoms with Crippen LogP contribution in [0.1, 0.15) is 24.5 Å². The summed E-state index contributed by atoms with van der Waals surface area (Å²) in [6, 6.07) is 1.85. The van der Waals surface area contributed by atoms with Gasteiger partial charge in [0, 0.05) is 32.4 Å². The molecule has 0 bridgehead atoms. The summed E-state index contributed by atoms with van der Waals surface area (Å²) in [7, 11) is 0. The second kappa shape index (κ2) is 5.90. The van der Waals surface area contributed by atoms with Crippen molar-refractivity contribution in [1.29, 1.82) is 0 Å². The minimum atomic E-state index is 0.586. The number of halogens is 1. The SMILES string of the molecule is CCc1nc(Br)cc(NCCc2noc(C)n2)n1. The molecule has 2 aromatic heterocycles. The molecular formula is C11H14BrN5O. The van der Waals surface area contributed by atoms with Crippen LogP contribution in [-0.4, -0.2) is 26.7 Å². The molecule has 18 heavy (non-hydrogen) atoms. The van der Waals surface area contributed by atoms with Gasteiger partial charge in [-0.1, -0.05) is 12.1 Å². The molecule has 7 heteroatoms. The van der Waals surface area contributed by atoms with E-state index in [2.05, 4.69) is 41.4 Å². The Hall–Kier alpha value is -1.50. The van der Waals surface area contributed by atoms with Crippen LogP contribution < -0.4 is 5.32 Å². The van der Waals surface area contributed by atoms with Crippen LogP contribution in [0.15, 0.2) is 15.2 Å². The first-order valence-corrected chi connectivity index (χ1v) is 6.53. The van der Waals surface area contributed by atoms with Gasteiger partial charge in [-0.05, 0) is 15.9 Å². The van der Waals surface area contributed by atoms with E-state index in [1.165, 1.54) is 0 Å². The summed E-state index contributed by atoms with van der Waals surface area (Å²) in [5, 5.41) is 7.05. The number of nitrogens with one attached hydrogen (secondary N) is 1. The molecule has 0 aliphatic heterocycles. The summed E-state index contributed by atoms with van der Waals surface area (Å²) in [6.07, 6.45) is 1.50. The van der Waals surface area contributed by atoms with Gasteiger partial charge in [0.1, 0.15) is 16.2 Å². The monoisotopic (exact) mass is 311 g/mol. The molecule has 0 unspecified atom stereocenters. The first-order chi connectivity index (χ1) is 8.67. The molecule has 0 spiro atoms. The summed E-state index contributed by atoms with van der Waals surface area (Å²) in [6.45, 7) is 4.50. The number of rotatable bonds is 5. The molecule has 0 atom stereocenters. The largest absolute Gasteiger partial charge is 0.369 e. The van der Waals surface area contributed by atoms with Crippen LogP contribution >= 0.6 is 15.9 Å². The van der Waals surface area contributed by atoms with Crippen LogP contribution in [0, 0.1) is 6.92 Å². The van der Waals surface area contributed by atoms with Gasteiger partial charge in [-0.3, -0.25) is 0 Å². The topological polar surface area (TPSA) is 76.7 Å². The Balaban J connectivity index is 1.91. The van der Waals surface area contributed by atoms with Crippen LogP contribution in [0.2, 0.25) is 0 Å². The van der Waals surface area contributed by atoms with Crippen molar-refractivity contribution in [1.82, 2.24) is 20.1 Å². The fourth-order valence-electron chi connectivity index (χ4n) is 1.46. The minimum Gasteiger partial charge on any atom is -0.369 e. The third kappa shape index (κ3) is 3.49.